The Labute approximate surface area is 104 Å². The predicted octanol–water partition coefficient (Wildman–Crippen LogP) is 2.42. The van der Waals surface area contributed by atoms with Crippen molar-refractivity contribution in [1.29, 1.82) is 0 Å². The first kappa shape index (κ1) is 12.6. The molecule has 3 nitrogen and oxygen atoms in total. The summed E-state index contributed by atoms with van der Waals surface area (Å²) in [7, 11) is 0. The van der Waals surface area contributed by atoms with Gasteiger partial charge in [-0.15, -0.1) is 0 Å². The standard InChI is InChI=1S/C13H13F2N3/c1-7-6-10(8(2)18-17-7)13(16)9-4-3-5-11(14)12(9)15/h3-6,13H,16H2,1-2H3. The molecular weight excluding hydrogens is 236 g/mol. The molecule has 0 aliphatic heterocycles. The summed E-state index contributed by atoms with van der Waals surface area (Å²) in [5.41, 5.74) is 8.03. The van der Waals surface area contributed by atoms with Crippen molar-refractivity contribution in [2.75, 3.05) is 0 Å². The average molecular weight is 249 g/mol. The Morgan fingerprint density at radius 2 is 1.83 bits per heavy atom. The quantitative estimate of drug-likeness (QED) is 0.889. The zero-order valence-electron chi connectivity index (χ0n) is 10.1. The number of aromatic nitrogens is 2. The SMILES string of the molecule is Cc1cc(C(N)c2cccc(F)c2F)c(C)nn1. The van der Waals surface area contributed by atoms with Crippen LogP contribution in [-0.2, 0) is 0 Å². The number of hydrogen-bond acceptors (Lipinski definition) is 3. The first-order valence-electron chi connectivity index (χ1n) is 5.51. The average Bonchev–Trinajstić information content (AvgIpc) is 2.35. The minimum Gasteiger partial charge on any atom is -0.320 e. The summed E-state index contributed by atoms with van der Waals surface area (Å²) in [6.45, 7) is 3.50. The first-order chi connectivity index (χ1) is 8.50. The fourth-order valence-corrected chi connectivity index (χ4v) is 1.81. The molecule has 2 rings (SSSR count). The number of nitrogens with zero attached hydrogens (tertiary/aromatic N) is 2. The lowest BCUT2D eigenvalue weighted by molar-refractivity contribution is 0.494. The third-order valence-corrected chi connectivity index (χ3v) is 2.79. The topological polar surface area (TPSA) is 51.8 Å². The van der Waals surface area contributed by atoms with E-state index < -0.39 is 17.7 Å². The van der Waals surface area contributed by atoms with Crippen LogP contribution in [0.4, 0.5) is 8.78 Å². The van der Waals surface area contributed by atoms with Gasteiger partial charge in [-0.3, -0.25) is 0 Å². The largest absolute Gasteiger partial charge is 0.320 e. The van der Waals surface area contributed by atoms with E-state index in [0.717, 1.165) is 6.07 Å². The highest BCUT2D eigenvalue weighted by Gasteiger charge is 2.18. The van der Waals surface area contributed by atoms with Crippen molar-refractivity contribution in [3.63, 3.8) is 0 Å². The van der Waals surface area contributed by atoms with Gasteiger partial charge in [0, 0.05) is 5.56 Å². The highest BCUT2D eigenvalue weighted by Crippen LogP contribution is 2.25. The van der Waals surface area contributed by atoms with Gasteiger partial charge >= 0.3 is 0 Å². The van der Waals surface area contributed by atoms with E-state index in [-0.39, 0.29) is 5.56 Å². The fourth-order valence-electron chi connectivity index (χ4n) is 1.81. The van der Waals surface area contributed by atoms with Gasteiger partial charge in [-0.1, -0.05) is 12.1 Å². The first-order valence-corrected chi connectivity index (χ1v) is 5.51. The van der Waals surface area contributed by atoms with Crippen molar-refractivity contribution in [3.05, 3.63) is 58.4 Å². The maximum Gasteiger partial charge on any atom is 0.163 e. The summed E-state index contributed by atoms with van der Waals surface area (Å²) < 4.78 is 26.9. The van der Waals surface area contributed by atoms with E-state index in [1.807, 2.05) is 0 Å². The van der Waals surface area contributed by atoms with Crippen LogP contribution >= 0.6 is 0 Å². The van der Waals surface area contributed by atoms with Gasteiger partial charge in [-0.2, -0.15) is 10.2 Å². The molecule has 2 N–H and O–H groups in total. The highest BCUT2D eigenvalue weighted by molar-refractivity contribution is 5.34. The summed E-state index contributed by atoms with van der Waals surface area (Å²) in [5.74, 6) is -1.82. The van der Waals surface area contributed by atoms with Gasteiger partial charge in [-0.25, -0.2) is 8.78 Å². The van der Waals surface area contributed by atoms with E-state index in [2.05, 4.69) is 10.2 Å². The second-order valence-electron chi connectivity index (χ2n) is 4.15. The second-order valence-corrected chi connectivity index (χ2v) is 4.15. The lowest BCUT2D eigenvalue weighted by Crippen LogP contribution is -2.17. The van der Waals surface area contributed by atoms with Crippen molar-refractivity contribution in [3.8, 4) is 0 Å². The molecule has 1 heterocycles. The molecule has 0 bridgehead atoms. The van der Waals surface area contributed by atoms with Crippen molar-refractivity contribution in [2.24, 2.45) is 5.73 Å². The zero-order valence-corrected chi connectivity index (χ0v) is 10.1. The Bertz CT molecular complexity index is 582. The van der Waals surface area contributed by atoms with Gasteiger partial charge in [0.05, 0.1) is 17.4 Å². The molecule has 0 amide bonds. The van der Waals surface area contributed by atoms with E-state index in [4.69, 9.17) is 5.73 Å². The fraction of sp³-hybridized carbons (Fsp3) is 0.231. The van der Waals surface area contributed by atoms with Crippen LogP contribution in [0.25, 0.3) is 0 Å². The van der Waals surface area contributed by atoms with Gasteiger partial charge in [0.2, 0.25) is 0 Å². The van der Waals surface area contributed by atoms with Crippen LogP contribution in [0.5, 0.6) is 0 Å². The Kier molecular flexibility index (Phi) is 3.34. The molecule has 1 atom stereocenters. The lowest BCUT2D eigenvalue weighted by Gasteiger charge is -2.15. The molecule has 1 aromatic heterocycles. The molecule has 0 aliphatic rings. The van der Waals surface area contributed by atoms with Gasteiger partial charge in [0.15, 0.2) is 11.6 Å². The van der Waals surface area contributed by atoms with Crippen LogP contribution < -0.4 is 5.73 Å². The van der Waals surface area contributed by atoms with Crippen molar-refractivity contribution in [2.45, 2.75) is 19.9 Å². The van der Waals surface area contributed by atoms with Crippen LogP contribution in [0.1, 0.15) is 28.6 Å². The van der Waals surface area contributed by atoms with Gasteiger partial charge < -0.3 is 5.73 Å². The summed E-state index contributed by atoms with van der Waals surface area (Å²) >= 11 is 0. The third-order valence-electron chi connectivity index (χ3n) is 2.79. The lowest BCUT2D eigenvalue weighted by atomic mass is 9.98. The van der Waals surface area contributed by atoms with Crippen LogP contribution in [-0.4, -0.2) is 10.2 Å². The Morgan fingerprint density at radius 1 is 1.11 bits per heavy atom. The Morgan fingerprint density at radius 3 is 2.56 bits per heavy atom. The van der Waals surface area contributed by atoms with Gasteiger partial charge in [0.1, 0.15) is 0 Å². The highest BCUT2D eigenvalue weighted by atomic mass is 19.2. The molecule has 1 aromatic carbocycles. The van der Waals surface area contributed by atoms with Gasteiger partial charge in [-0.05, 0) is 31.5 Å². The summed E-state index contributed by atoms with van der Waals surface area (Å²) in [6, 6.07) is 4.95. The normalized spacial score (nSPS) is 12.5. The second kappa shape index (κ2) is 4.78. The minimum absolute atomic E-state index is 0.116. The third kappa shape index (κ3) is 2.22. The molecule has 0 saturated carbocycles. The number of halogens is 2. The Balaban J connectivity index is 2.51. The van der Waals surface area contributed by atoms with E-state index in [1.165, 1.54) is 12.1 Å². The van der Waals surface area contributed by atoms with Crippen molar-refractivity contribution in [1.82, 2.24) is 10.2 Å². The summed E-state index contributed by atoms with van der Waals surface area (Å²) in [5, 5.41) is 7.81. The molecule has 94 valence electrons. The molecule has 0 aliphatic carbocycles. The van der Waals surface area contributed by atoms with Crippen molar-refractivity contribution < 1.29 is 8.78 Å². The predicted molar refractivity (Wildman–Crippen MR) is 63.9 cm³/mol. The molecule has 0 radical (unpaired) electrons. The molecule has 1 unspecified atom stereocenters. The minimum atomic E-state index is -0.918. The monoisotopic (exact) mass is 249 g/mol. The van der Waals surface area contributed by atoms with Crippen LogP contribution in [0.15, 0.2) is 24.3 Å². The maximum absolute atomic E-state index is 13.7. The number of aryl methyl sites for hydroxylation is 2. The molecule has 0 saturated heterocycles. The van der Waals surface area contributed by atoms with Crippen LogP contribution in [0, 0.1) is 25.5 Å². The summed E-state index contributed by atoms with van der Waals surface area (Å²) in [6.07, 6.45) is 0. The van der Waals surface area contributed by atoms with E-state index >= 15 is 0 Å². The number of rotatable bonds is 2. The van der Waals surface area contributed by atoms with Crippen LogP contribution in [0.3, 0.4) is 0 Å². The summed E-state index contributed by atoms with van der Waals surface area (Å²) in [4.78, 5) is 0. The van der Waals surface area contributed by atoms with E-state index in [1.54, 1.807) is 19.9 Å². The number of nitrogens with two attached hydrogens (primary N) is 1. The van der Waals surface area contributed by atoms with Gasteiger partial charge in [0.25, 0.3) is 0 Å². The Hall–Kier alpha value is -1.88. The van der Waals surface area contributed by atoms with E-state index in [9.17, 15) is 8.78 Å². The molecule has 0 fully saturated rings. The molecular formula is C13H13F2N3. The molecule has 2 aromatic rings. The number of hydrogen-bond donors (Lipinski definition) is 1. The van der Waals surface area contributed by atoms with Crippen LogP contribution in [0.2, 0.25) is 0 Å². The molecule has 0 spiro atoms. The van der Waals surface area contributed by atoms with Crippen molar-refractivity contribution >= 4 is 0 Å². The number of benzene rings is 1. The smallest absolute Gasteiger partial charge is 0.163 e. The van der Waals surface area contributed by atoms with E-state index in [0.29, 0.717) is 17.0 Å². The zero-order chi connectivity index (χ0) is 13.3. The molecule has 18 heavy (non-hydrogen) atoms. The molecule has 5 heteroatoms. The maximum atomic E-state index is 13.7.